The Balaban J connectivity index is 1.81. The third-order valence-corrected chi connectivity index (χ3v) is 2.83. The number of carbonyl (C=O) groups is 1. The summed E-state index contributed by atoms with van der Waals surface area (Å²) in [6.07, 6.45) is 1.91. The summed E-state index contributed by atoms with van der Waals surface area (Å²) in [4.78, 5) is 16.4. The van der Waals surface area contributed by atoms with Gasteiger partial charge in [-0.15, -0.1) is 0 Å². The van der Waals surface area contributed by atoms with Crippen LogP contribution < -0.4 is 0 Å². The van der Waals surface area contributed by atoms with E-state index in [1.165, 1.54) is 13.4 Å². The molecule has 1 atom stereocenters. The summed E-state index contributed by atoms with van der Waals surface area (Å²) in [5, 5.41) is 1.16. The van der Waals surface area contributed by atoms with Crippen molar-refractivity contribution in [2.75, 3.05) is 14.2 Å². The maximum Gasteiger partial charge on any atom is 0.253 e. The van der Waals surface area contributed by atoms with Crippen LogP contribution >= 0.6 is 0 Å². The molecule has 1 aliphatic rings. The standard InChI is InChI=1S/C14H17NO4/c1-15(17-2)13(16)9-12-10-18-14(19-12)8-11-6-4-3-5-7-11/h3-7,10,14H,8-9H2,1-2H3. The fourth-order valence-electron chi connectivity index (χ4n) is 1.72. The number of nitrogens with zero attached hydrogens (tertiary/aromatic N) is 1. The smallest absolute Gasteiger partial charge is 0.253 e. The fraction of sp³-hybridized carbons (Fsp3) is 0.357. The van der Waals surface area contributed by atoms with E-state index >= 15 is 0 Å². The van der Waals surface area contributed by atoms with Gasteiger partial charge < -0.3 is 9.47 Å². The summed E-state index contributed by atoms with van der Waals surface area (Å²) in [6.45, 7) is 0. The Hall–Kier alpha value is -2.01. The molecule has 0 saturated carbocycles. The molecule has 0 spiro atoms. The lowest BCUT2D eigenvalue weighted by Gasteiger charge is -2.14. The van der Waals surface area contributed by atoms with E-state index in [0.29, 0.717) is 12.2 Å². The largest absolute Gasteiger partial charge is 0.459 e. The first-order valence-corrected chi connectivity index (χ1v) is 6.05. The number of carbonyl (C=O) groups excluding carboxylic acids is 1. The van der Waals surface area contributed by atoms with Gasteiger partial charge >= 0.3 is 0 Å². The second-order valence-corrected chi connectivity index (χ2v) is 4.21. The van der Waals surface area contributed by atoms with Gasteiger partial charge in [-0.05, 0) is 5.56 Å². The molecule has 0 aromatic heterocycles. The van der Waals surface area contributed by atoms with Crippen molar-refractivity contribution in [3.8, 4) is 0 Å². The molecule has 0 fully saturated rings. The minimum Gasteiger partial charge on any atom is -0.459 e. The van der Waals surface area contributed by atoms with Gasteiger partial charge in [0, 0.05) is 13.5 Å². The van der Waals surface area contributed by atoms with Crippen LogP contribution in [0.15, 0.2) is 42.4 Å². The van der Waals surface area contributed by atoms with E-state index in [9.17, 15) is 4.79 Å². The first-order valence-electron chi connectivity index (χ1n) is 6.05. The summed E-state index contributed by atoms with van der Waals surface area (Å²) < 4.78 is 11.0. The van der Waals surface area contributed by atoms with Crippen LogP contribution in [0.1, 0.15) is 12.0 Å². The van der Waals surface area contributed by atoms with Crippen molar-refractivity contribution >= 4 is 5.91 Å². The van der Waals surface area contributed by atoms with Crippen LogP contribution in [0, 0.1) is 0 Å². The quantitative estimate of drug-likeness (QED) is 0.761. The summed E-state index contributed by atoms with van der Waals surface area (Å²) in [6, 6.07) is 9.91. The monoisotopic (exact) mass is 263 g/mol. The molecule has 1 aromatic carbocycles. The van der Waals surface area contributed by atoms with Crippen LogP contribution in [0.25, 0.3) is 0 Å². The minimum absolute atomic E-state index is 0.135. The molecule has 5 nitrogen and oxygen atoms in total. The molecule has 1 amide bonds. The molecule has 1 unspecified atom stereocenters. The molecule has 1 aromatic rings. The van der Waals surface area contributed by atoms with Gasteiger partial charge in [0.25, 0.3) is 5.91 Å². The zero-order valence-electron chi connectivity index (χ0n) is 11.0. The van der Waals surface area contributed by atoms with E-state index in [1.54, 1.807) is 7.05 Å². The van der Waals surface area contributed by atoms with Crippen molar-refractivity contribution in [3.63, 3.8) is 0 Å². The first-order chi connectivity index (χ1) is 9.19. The Morgan fingerprint density at radius 1 is 1.37 bits per heavy atom. The number of hydrogen-bond acceptors (Lipinski definition) is 4. The van der Waals surface area contributed by atoms with Crippen LogP contribution in [-0.4, -0.2) is 31.4 Å². The first kappa shape index (κ1) is 13.4. The predicted octanol–water partition coefficient (Wildman–Crippen LogP) is 1.85. The summed E-state index contributed by atoms with van der Waals surface area (Å²) in [5.74, 6) is 0.340. The van der Waals surface area contributed by atoms with Gasteiger partial charge in [0.15, 0.2) is 0 Å². The molecule has 0 saturated heterocycles. The highest BCUT2D eigenvalue weighted by Gasteiger charge is 2.23. The van der Waals surface area contributed by atoms with Crippen LogP contribution in [-0.2, 0) is 25.5 Å². The lowest BCUT2D eigenvalue weighted by atomic mass is 10.1. The maximum absolute atomic E-state index is 11.6. The Kier molecular flexibility index (Phi) is 4.41. The van der Waals surface area contributed by atoms with Crippen LogP contribution in [0.3, 0.4) is 0 Å². The van der Waals surface area contributed by atoms with Crippen molar-refractivity contribution < 1.29 is 19.1 Å². The number of benzene rings is 1. The Bertz CT molecular complexity index is 458. The van der Waals surface area contributed by atoms with Crippen molar-refractivity contribution in [2.45, 2.75) is 19.1 Å². The summed E-state index contributed by atoms with van der Waals surface area (Å²) in [5.41, 5.74) is 1.13. The number of amides is 1. The van der Waals surface area contributed by atoms with Gasteiger partial charge in [0.2, 0.25) is 6.29 Å². The fourth-order valence-corrected chi connectivity index (χ4v) is 1.72. The van der Waals surface area contributed by atoms with Gasteiger partial charge in [-0.1, -0.05) is 30.3 Å². The molecule has 0 radical (unpaired) electrons. The summed E-state index contributed by atoms with van der Waals surface area (Å²) in [7, 11) is 3.00. The number of ether oxygens (including phenoxy) is 2. The van der Waals surface area contributed by atoms with Gasteiger partial charge in [-0.25, -0.2) is 5.06 Å². The normalized spacial score (nSPS) is 17.4. The highest BCUT2D eigenvalue weighted by Crippen LogP contribution is 2.21. The number of hydrogen-bond donors (Lipinski definition) is 0. The van der Waals surface area contributed by atoms with Crippen molar-refractivity contribution in [3.05, 3.63) is 47.9 Å². The van der Waals surface area contributed by atoms with E-state index in [-0.39, 0.29) is 18.6 Å². The predicted molar refractivity (Wildman–Crippen MR) is 68.6 cm³/mol. The minimum atomic E-state index is -0.363. The van der Waals surface area contributed by atoms with E-state index in [0.717, 1.165) is 10.6 Å². The molecule has 1 heterocycles. The van der Waals surface area contributed by atoms with Crippen LogP contribution in [0.5, 0.6) is 0 Å². The second-order valence-electron chi connectivity index (χ2n) is 4.21. The van der Waals surface area contributed by atoms with E-state index in [4.69, 9.17) is 14.3 Å². The van der Waals surface area contributed by atoms with E-state index < -0.39 is 0 Å². The third-order valence-electron chi connectivity index (χ3n) is 2.83. The average Bonchev–Trinajstić information content (AvgIpc) is 2.86. The van der Waals surface area contributed by atoms with Crippen molar-refractivity contribution in [2.24, 2.45) is 0 Å². The Morgan fingerprint density at radius 3 is 2.79 bits per heavy atom. The summed E-state index contributed by atoms with van der Waals surface area (Å²) >= 11 is 0. The van der Waals surface area contributed by atoms with E-state index in [2.05, 4.69) is 0 Å². The molecule has 2 rings (SSSR count). The zero-order chi connectivity index (χ0) is 13.7. The molecule has 19 heavy (non-hydrogen) atoms. The average molecular weight is 263 g/mol. The lowest BCUT2D eigenvalue weighted by Crippen LogP contribution is -2.25. The SMILES string of the molecule is CON(C)C(=O)CC1=COC(Cc2ccccc2)O1. The highest BCUT2D eigenvalue weighted by atomic mass is 16.7. The van der Waals surface area contributed by atoms with Gasteiger partial charge in [-0.3, -0.25) is 9.63 Å². The molecular weight excluding hydrogens is 246 g/mol. The third kappa shape index (κ3) is 3.72. The maximum atomic E-state index is 11.6. The van der Waals surface area contributed by atoms with Crippen molar-refractivity contribution in [1.29, 1.82) is 0 Å². The molecule has 5 heteroatoms. The van der Waals surface area contributed by atoms with Crippen LogP contribution in [0.2, 0.25) is 0 Å². The number of rotatable bonds is 5. The Labute approximate surface area is 112 Å². The zero-order valence-corrected chi connectivity index (χ0v) is 11.0. The van der Waals surface area contributed by atoms with Gasteiger partial charge in [0.05, 0.1) is 13.5 Å². The van der Waals surface area contributed by atoms with E-state index in [1.807, 2.05) is 30.3 Å². The van der Waals surface area contributed by atoms with Gasteiger partial charge in [-0.2, -0.15) is 0 Å². The molecule has 102 valence electrons. The topological polar surface area (TPSA) is 48.0 Å². The molecule has 0 N–H and O–H groups in total. The van der Waals surface area contributed by atoms with Crippen LogP contribution in [0.4, 0.5) is 0 Å². The van der Waals surface area contributed by atoms with Crippen molar-refractivity contribution in [1.82, 2.24) is 5.06 Å². The van der Waals surface area contributed by atoms with Gasteiger partial charge in [0.1, 0.15) is 12.0 Å². The Morgan fingerprint density at radius 2 is 2.11 bits per heavy atom. The number of hydroxylamine groups is 2. The molecule has 0 bridgehead atoms. The molecular formula is C14H17NO4. The molecule has 1 aliphatic heterocycles. The molecule has 0 aliphatic carbocycles. The highest BCUT2D eigenvalue weighted by molar-refractivity contribution is 5.77. The lowest BCUT2D eigenvalue weighted by molar-refractivity contribution is -0.168. The second kappa shape index (κ2) is 6.24.